The minimum Gasteiger partial charge on any atom is -0.550 e. The summed E-state index contributed by atoms with van der Waals surface area (Å²) in [5.41, 5.74) is -0.511. The number of alkyl carbamates (subject to hydrolysis) is 1. The molecule has 1 N–H and O–H groups in total. The number of rotatable bonds is 15. The summed E-state index contributed by atoms with van der Waals surface area (Å²) in [6.07, 6.45) is -0.579. The summed E-state index contributed by atoms with van der Waals surface area (Å²) in [6.45, 7) is 8.69. The van der Waals surface area contributed by atoms with E-state index in [1.165, 1.54) is 0 Å². The zero-order chi connectivity index (χ0) is 19.0. The molecule has 0 saturated heterocycles. The summed E-state index contributed by atoms with van der Waals surface area (Å²) in [5.74, 6) is -1.13. The van der Waals surface area contributed by atoms with Crippen molar-refractivity contribution in [3.63, 3.8) is 0 Å². The van der Waals surface area contributed by atoms with E-state index in [1.54, 1.807) is 20.8 Å². The van der Waals surface area contributed by atoms with Gasteiger partial charge in [0.25, 0.3) is 0 Å². The quantitative estimate of drug-likeness (QED) is 0.394. The fourth-order valence-corrected chi connectivity index (χ4v) is 1.46. The monoisotopic (exact) mass is 364 g/mol. The van der Waals surface area contributed by atoms with Crippen LogP contribution in [0.4, 0.5) is 4.79 Å². The third kappa shape index (κ3) is 20.5. The lowest BCUT2D eigenvalue weighted by molar-refractivity contribution is -0.306. The highest BCUT2D eigenvalue weighted by Crippen LogP contribution is 2.05. The van der Waals surface area contributed by atoms with Crippen LogP contribution in [-0.2, 0) is 28.5 Å². The minimum atomic E-state index is -1.13. The molecule has 25 heavy (non-hydrogen) atoms. The van der Waals surface area contributed by atoms with Crippen molar-refractivity contribution in [1.82, 2.24) is 5.32 Å². The normalized spacial score (nSPS) is 11.3. The molecule has 0 bridgehead atoms. The molecule has 0 radical (unpaired) electrons. The van der Waals surface area contributed by atoms with Gasteiger partial charge < -0.3 is 38.9 Å². The van der Waals surface area contributed by atoms with E-state index in [0.717, 1.165) is 0 Å². The minimum absolute atomic E-state index is 0.115. The molecule has 0 aromatic heterocycles. The molecular weight excluding hydrogens is 334 g/mol. The molecule has 0 saturated carbocycles. The molecule has 148 valence electrons. The van der Waals surface area contributed by atoms with E-state index in [2.05, 4.69) is 5.32 Å². The number of ether oxygens (including phenoxy) is 5. The van der Waals surface area contributed by atoms with Gasteiger partial charge in [0.15, 0.2) is 0 Å². The second-order valence-electron chi connectivity index (χ2n) is 6.00. The second kappa shape index (κ2) is 14.9. The second-order valence-corrected chi connectivity index (χ2v) is 6.00. The van der Waals surface area contributed by atoms with Crippen LogP contribution in [0.1, 0.15) is 27.2 Å². The number of nitrogens with one attached hydrogen (secondary N) is 1. The number of carboxylic acids is 1. The number of amides is 1. The van der Waals surface area contributed by atoms with Crippen LogP contribution in [0.25, 0.3) is 0 Å². The molecule has 0 aliphatic heterocycles. The molecule has 9 nitrogen and oxygen atoms in total. The first-order valence-electron chi connectivity index (χ1n) is 8.29. The third-order valence-electron chi connectivity index (χ3n) is 2.48. The van der Waals surface area contributed by atoms with Crippen molar-refractivity contribution in [2.45, 2.75) is 32.8 Å². The van der Waals surface area contributed by atoms with Gasteiger partial charge in [-0.05, 0) is 20.8 Å². The lowest BCUT2D eigenvalue weighted by atomic mass is 10.2. The average Bonchev–Trinajstić information content (AvgIpc) is 2.49. The smallest absolute Gasteiger partial charge is 0.407 e. The van der Waals surface area contributed by atoms with Crippen molar-refractivity contribution in [2.24, 2.45) is 0 Å². The molecule has 0 aromatic carbocycles. The maximum absolute atomic E-state index is 11.3. The molecule has 0 fully saturated rings. The molecule has 0 heterocycles. The van der Waals surface area contributed by atoms with Gasteiger partial charge in [-0.25, -0.2) is 4.79 Å². The maximum atomic E-state index is 11.3. The highest BCUT2D eigenvalue weighted by molar-refractivity contribution is 5.67. The van der Waals surface area contributed by atoms with E-state index < -0.39 is 17.7 Å². The van der Waals surface area contributed by atoms with Crippen molar-refractivity contribution >= 4 is 12.1 Å². The summed E-state index contributed by atoms with van der Waals surface area (Å²) in [7, 11) is 0. The van der Waals surface area contributed by atoms with E-state index in [-0.39, 0.29) is 13.0 Å². The number of hydrogen-bond donors (Lipinski definition) is 1. The fourth-order valence-electron chi connectivity index (χ4n) is 1.46. The Labute approximate surface area is 148 Å². The van der Waals surface area contributed by atoms with Crippen molar-refractivity contribution in [3.8, 4) is 0 Å². The van der Waals surface area contributed by atoms with E-state index >= 15 is 0 Å². The molecule has 0 spiro atoms. The lowest BCUT2D eigenvalue weighted by Gasteiger charge is -2.19. The molecule has 0 atom stereocenters. The zero-order valence-corrected chi connectivity index (χ0v) is 15.3. The Hall–Kier alpha value is -1.42. The largest absolute Gasteiger partial charge is 0.550 e. The van der Waals surface area contributed by atoms with Gasteiger partial charge in [-0.3, -0.25) is 0 Å². The van der Waals surface area contributed by atoms with Gasteiger partial charge in [0.2, 0.25) is 0 Å². The molecule has 0 unspecified atom stereocenters. The van der Waals surface area contributed by atoms with Crippen LogP contribution >= 0.6 is 0 Å². The van der Waals surface area contributed by atoms with Crippen LogP contribution in [0.15, 0.2) is 0 Å². The van der Waals surface area contributed by atoms with Crippen LogP contribution in [0, 0.1) is 0 Å². The maximum Gasteiger partial charge on any atom is 0.407 e. The first-order chi connectivity index (χ1) is 11.8. The number of hydrogen-bond acceptors (Lipinski definition) is 8. The van der Waals surface area contributed by atoms with E-state index in [9.17, 15) is 14.7 Å². The Morgan fingerprint density at radius 1 is 0.800 bits per heavy atom. The van der Waals surface area contributed by atoms with Gasteiger partial charge in [-0.1, -0.05) is 0 Å². The summed E-state index contributed by atoms with van der Waals surface area (Å²) in [4.78, 5) is 21.5. The first-order valence-corrected chi connectivity index (χ1v) is 8.29. The molecule has 0 aliphatic rings. The van der Waals surface area contributed by atoms with Gasteiger partial charge in [0.1, 0.15) is 5.60 Å². The van der Waals surface area contributed by atoms with Crippen LogP contribution in [0.3, 0.4) is 0 Å². The van der Waals surface area contributed by atoms with Crippen molar-refractivity contribution in [3.05, 3.63) is 0 Å². The summed E-state index contributed by atoms with van der Waals surface area (Å²) >= 11 is 0. The van der Waals surface area contributed by atoms with Gasteiger partial charge >= 0.3 is 6.09 Å². The third-order valence-corrected chi connectivity index (χ3v) is 2.48. The van der Waals surface area contributed by atoms with Gasteiger partial charge in [0.05, 0.1) is 52.9 Å². The van der Waals surface area contributed by atoms with Crippen molar-refractivity contribution in [1.29, 1.82) is 0 Å². The fraction of sp³-hybridized carbons (Fsp3) is 0.875. The Morgan fingerprint density at radius 2 is 1.24 bits per heavy atom. The molecule has 1 amide bonds. The SMILES string of the molecule is CC(C)(C)OC(=O)NCCOCCOCCOCCOCCC(=O)[O-]. The van der Waals surface area contributed by atoms with Crippen LogP contribution < -0.4 is 10.4 Å². The summed E-state index contributed by atoms with van der Waals surface area (Å²) < 4.78 is 25.9. The summed E-state index contributed by atoms with van der Waals surface area (Å²) in [6, 6.07) is 0. The first kappa shape index (κ1) is 23.6. The van der Waals surface area contributed by atoms with Crippen molar-refractivity contribution in [2.75, 3.05) is 59.4 Å². The van der Waals surface area contributed by atoms with Gasteiger partial charge in [0, 0.05) is 18.9 Å². The zero-order valence-electron chi connectivity index (χ0n) is 15.3. The number of carbonyl (C=O) groups excluding carboxylic acids is 2. The molecule has 0 aliphatic carbocycles. The van der Waals surface area contributed by atoms with E-state index in [4.69, 9.17) is 23.7 Å². The average molecular weight is 364 g/mol. The molecule has 0 rings (SSSR count). The predicted octanol–water partition coefficient (Wildman–Crippen LogP) is -0.282. The van der Waals surface area contributed by atoms with Crippen LogP contribution in [0.5, 0.6) is 0 Å². The van der Waals surface area contributed by atoms with Crippen LogP contribution in [0.2, 0.25) is 0 Å². The highest BCUT2D eigenvalue weighted by Gasteiger charge is 2.15. The van der Waals surface area contributed by atoms with Gasteiger partial charge in [-0.2, -0.15) is 0 Å². The van der Waals surface area contributed by atoms with Crippen LogP contribution in [-0.4, -0.2) is 77.1 Å². The standard InChI is InChI=1S/C16H31NO8/c1-16(2,3)25-15(20)17-5-7-22-9-11-24-13-12-23-10-8-21-6-4-14(18)19/h4-13H2,1-3H3,(H,17,20)(H,18,19)/p-1. The topological polar surface area (TPSA) is 115 Å². The molecule has 0 aromatic rings. The number of carbonyl (C=O) groups is 2. The Balaban J connectivity index is 3.17. The lowest BCUT2D eigenvalue weighted by Crippen LogP contribution is -2.34. The number of carboxylic acid groups (broad SMARTS) is 1. The summed E-state index contributed by atoms with van der Waals surface area (Å²) in [5, 5.41) is 12.7. The predicted molar refractivity (Wildman–Crippen MR) is 87.1 cm³/mol. The molecular formula is C16H30NO8-. The Morgan fingerprint density at radius 3 is 1.68 bits per heavy atom. The van der Waals surface area contributed by atoms with E-state index in [0.29, 0.717) is 52.8 Å². The number of aliphatic carboxylic acids is 1. The highest BCUT2D eigenvalue weighted by atomic mass is 16.6. The Kier molecular flexibility index (Phi) is 14.0. The van der Waals surface area contributed by atoms with E-state index in [1.807, 2.05) is 0 Å². The van der Waals surface area contributed by atoms with Crippen molar-refractivity contribution < 1.29 is 38.4 Å². The molecule has 9 heteroatoms. The Bertz CT molecular complexity index is 357. The van der Waals surface area contributed by atoms with Gasteiger partial charge in [-0.15, -0.1) is 0 Å².